The van der Waals surface area contributed by atoms with E-state index in [0.29, 0.717) is 11.5 Å². The summed E-state index contributed by atoms with van der Waals surface area (Å²) in [7, 11) is 1.59. The second-order valence-corrected chi connectivity index (χ2v) is 5.53. The van der Waals surface area contributed by atoms with E-state index in [9.17, 15) is 4.79 Å². The molecule has 2 N–H and O–H groups in total. The largest absolute Gasteiger partial charge is 0.354 e. The normalized spacial score (nSPS) is 10.6. The number of nitrogens with one attached hydrogen (secondary N) is 2. The highest BCUT2D eigenvalue weighted by Crippen LogP contribution is 2.22. The summed E-state index contributed by atoms with van der Waals surface area (Å²) < 4.78 is 0. The van der Waals surface area contributed by atoms with Crippen LogP contribution in [-0.2, 0) is 0 Å². The molecule has 1 amide bonds. The van der Waals surface area contributed by atoms with Crippen molar-refractivity contribution in [3.05, 3.63) is 40.8 Å². The summed E-state index contributed by atoms with van der Waals surface area (Å²) in [4.78, 5) is 16.2. The number of amides is 1. The fourth-order valence-corrected chi connectivity index (χ4v) is 2.26. The molecule has 0 atom stereocenters. The van der Waals surface area contributed by atoms with Gasteiger partial charge in [-0.15, -0.1) is 10.2 Å². The van der Waals surface area contributed by atoms with Gasteiger partial charge in [0.05, 0.1) is 0 Å². The predicted molar refractivity (Wildman–Crippen MR) is 86.5 cm³/mol. The van der Waals surface area contributed by atoms with Crippen LogP contribution < -0.4 is 10.6 Å². The first kappa shape index (κ1) is 15.9. The van der Waals surface area contributed by atoms with Crippen LogP contribution in [0.1, 0.15) is 47.2 Å². The Morgan fingerprint density at radius 3 is 2.27 bits per heavy atom. The van der Waals surface area contributed by atoms with Crippen molar-refractivity contribution in [2.24, 2.45) is 0 Å². The molecule has 22 heavy (non-hydrogen) atoms. The third kappa shape index (κ3) is 3.58. The zero-order chi connectivity index (χ0) is 16.3. The SMILES string of the molecule is CNC(=O)c1nnc(Nc2cc(C)nc(C)c2)cc1C(C)C. The molecular formula is C16H21N5O. The first-order valence-electron chi connectivity index (χ1n) is 7.22. The molecule has 6 nitrogen and oxygen atoms in total. The number of anilines is 2. The molecule has 2 aromatic rings. The van der Waals surface area contributed by atoms with Crippen molar-refractivity contribution >= 4 is 17.4 Å². The molecule has 0 radical (unpaired) electrons. The summed E-state index contributed by atoms with van der Waals surface area (Å²) >= 11 is 0. The van der Waals surface area contributed by atoms with Crippen LogP contribution in [0, 0.1) is 13.8 Å². The molecule has 0 saturated carbocycles. The van der Waals surface area contributed by atoms with Gasteiger partial charge in [-0.1, -0.05) is 13.8 Å². The van der Waals surface area contributed by atoms with Crippen LogP contribution in [0.4, 0.5) is 11.5 Å². The van der Waals surface area contributed by atoms with Crippen molar-refractivity contribution in [2.75, 3.05) is 12.4 Å². The number of carbonyl (C=O) groups excluding carboxylic acids is 1. The fourth-order valence-electron chi connectivity index (χ4n) is 2.26. The van der Waals surface area contributed by atoms with E-state index in [-0.39, 0.29) is 11.8 Å². The molecular weight excluding hydrogens is 278 g/mol. The number of carbonyl (C=O) groups is 1. The second kappa shape index (κ2) is 6.51. The van der Waals surface area contributed by atoms with Crippen molar-refractivity contribution < 1.29 is 4.79 Å². The molecule has 116 valence electrons. The highest BCUT2D eigenvalue weighted by atomic mass is 16.1. The van der Waals surface area contributed by atoms with Gasteiger partial charge in [-0.3, -0.25) is 9.78 Å². The molecule has 6 heteroatoms. The molecule has 2 aromatic heterocycles. The topological polar surface area (TPSA) is 79.8 Å². The van der Waals surface area contributed by atoms with Crippen LogP contribution in [0.15, 0.2) is 18.2 Å². The standard InChI is InChI=1S/C16H21N5O/c1-9(2)13-8-14(20-21-15(13)16(22)17-5)19-12-6-10(3)18-11(4)7-12/h6-9H,1-5H3,(H,17,22)(H,18,19,20). The first-order chi connectivity index (χ1) is 10.4. The van der Waals surface area contributed by atoms with E-state index < -0.39 is 0 Å². The zero-order valence-electron chi connectivity index (χ0n) is 13.6. The summed E-state index contributed by atoms with van der Waals surface area (Å²) in [5.74, 6) is 0.559. The molecule has 2 rings (SSSR count). The second-order valence-electron chi connectivity index (χ2n) is 5.53. The number of hydrogen-bond acceptors (Lipinski definition) is 5. The van der Waals surface area contributed by atoms with Gasteiger partial charge in [0.1, 0.15) is 0 Å². The number of rotatable bonds is 4. The van der Waals surface area contributed by atoms with E-state index >= 15 is 0 Å². The molecule has 0 bridgehead atoms. The Labute approximate surface area is 130 Å². The monoisotopic (exact) mass is 299 g/mol. The van der Waals surface area contributed by atoms with Crippen molar-refractivity contribution in [3.63, 3.8) is 0 Å². The Kier molecular flexibility index (Phi) is 4.70. The third-order valence-electron chi connectivity index (χ3n) is 3.24. The molecule has 0 aromatic carbocycles. The molecule has 2 heterocycles. The van der Waals surface area contributed by atoms with Crippen LogP contribution >= 0.6 is 0 Å². The Morgan fingerprint density at radius 2 is 1.73 bits per heavy atom. The summed E-state index contributed by atoms with van der Waals surface area (Å²) in [5.41, 5.74) is 3.99. The van der Waals surface area contributed by atoms with E-state index in [1.165, 1.54) is 0 Å². The summed E-state index contributed by atoms with van der Waals surface area (Å²) in [6, 6.07) is 5.75. The van der Waals surface area contributed by atoms with Gasteiger partial charge in [-0.25, -0.2) is 0 Å². The molecule has 0 spiro atoms. The molecule has 0 fully saturated rings. The Bertz CT molecular complexity index is 677. The van der Waals surface area contributed by atoms with Gasteiger partial charge >= 0.3 is 0 Å². The molecule has 0 saturated heterocycles. The quantitative estimate of drug-likeness (QED) is 0.907. The predicted octanol–water partition coefficient (Wildman–Crippen LogP) is 2.72. The van der Waals surface area contributed by atoms with Crippen LogP contribution in [0.2, 0.25) is 0 Å². The van der Waals surface area contributed by atoms with Crippen molar-refractivity contribution in [3.8, 4) is 0 Å². The van der Waals surface area contributed by atoms with Gasteiger partial charge in [-0.05, 0) is 43.5 Å². The maximum absolute atomic E-state index is 11.9. The molecule has 0 aliphatic carbocycles. The Morgan fingerprint density at radius 1 is 1.09 bits per heavy atom. The van der Waals surface area contributed by atoms with E-state index in [1.807, 2.05) is 45.9 Å². The van der Waals surface area contributed by atoms with Crippen LogP contribution in [0.3, 0.4) is 0 Å². The van der Waals surface area contributed by atoms with Crippen molar-refractivity contribution in [1.82, 2.24) is 20.5 Å². The minimum absolute atomic E-state index is 0.171. The third-order valence-corrected chi connectivity index (χ3v) is 3.24. The van der Waals surface area contributed by atoms with Crippen LogP contribution in [-0.4, -0.2) is 28.1 Å². The Hall–Kier alpha value is -2.50. The van der Waals surface area contributed by atoms with E-state index in [2.05, 4.69) is 25.8 Å². The first-order valence-corrected chi connectivity index (χ1v) is 7.22. The van der Waals surface area contributed by atoms with Gasteiger partial charge in [-0.2, -0.15) is 0 Å². The van der Waals surface area contributed by atoms with E-state index in [1.54, 1.807) is 7.05 Å². The highest BCUT2D eigenvalue weighted by Gasteiger charge is 2.16. The molecule has 0 unspecified atom stereocenters. The van der Waals surface area contributed by atoms with Gasteiger partial charge < -0.3 is 10.6 Å². The minimum Gasteiger partial charge on any atom is -0.354 e. The van der Waals surface area contributed by atoms with Gasteiger partial charge in [0.2, 0.25) is 0 Å². The average molecular weight is 299 g/mol. The number of hydrogen-bond donors (Lipinski definition) is 2. The molecule has 0 aliphatic heterocycles. The van der Waals surface area contributed by atoms with Gasteiger partial charge in [0.25, 0.3) is 5.91 Å². The smallest absolute Gasteiger partial charge is 0.271 e. The lowest BCUT2D eigenvalue weighted by molar-refractivity contribution is 0.0955. The van der Waals surface area contributed by atoms with E-state index in [0.717, 1.165) is 22.6 Å². The number of nitrogens with zero attached hydrogens (tertiary/aromatic N) is 3. The fraction of sp³-hybridized carbons (Fsp3) is 0.375. The number of pyridine rings is 1. The molecule has 0 aliphatic rings. The maximum atomic E-state index is 11.9. The summed E-state index contributed by atoms with van der Waals surface area (Å²) in [6.07, 6.45) is 0. The van der Waals surface area contributed by atoms with Crippen molar-refractivity contribution in [1.29, 1.82) is 0 Å². The van der Waals surface area contributed by atoms with Gasteiger partial charge in [0.15, 0.2) is 11.5 Å². The minimum atomic E-state index is -0.224. The highest BCUT2D eigenvalue weighted by molar-refractivity contribution is 5.93. The maximum Gasteiger partial charge on any atom is 0.271 e. The lowest BCUT2D eigenvalue weighted by Gasteiger charge is -2.13. The lowest BCUT2D eigenvalue weighted by Crippen LogP contribution is -2.22. The van der Waals surface area contributed by atoms with E-state index in [4.69, 9.17) is 0 Å². The lowest BCUT2D eigenvalue weighted by atomic mass is 10.0. The van der Waals surface area contributed by atoms with Gasteiger partial charge in [0, 0.05) is 24.1 Å². The van der Waals surface area contributed by atoms with Crippen LogP contribution in [0.25, 0.3) is 0 Å². The average Bonchev–Trinajstić information content (AvgIpc) is 2.45. The summed E-state index contributed by atoms with van der Waals surface area (Å²) in [5, 5.41) is 14.0. The number of aromatic nitrogens is 3. The zero-order valence-corrected chi connectivity index (χ0v) is 13.6. The number of aryl methyl sites for hydroxylation is 2. The van der Waals surface area contributed by atoms with Crippen LogP contribution in [0.5, 0.6) is 0 Å². The Balaban J connectivity index is 2.36. The van der Waals surface area contributed by atoms with Crippen molar-refractivity contribution in [2.45, 2.75) is 33.6 Å². The summed E-state index contributed by atoms with van der Waals surface area (Å²) in [6.45, 7) is 7.93.